The van der Waals surface area contributed by atoms with Gasteiger partial charge < -0.3 is 10.6 Å². The van der Waals surface area contributed by atoms with Crippen molar-refractivity contribution in [3.05, 3.63) is 36.4 Å². The van der Waals surface area contributed by atoms with E-state index in [1.807, 2.05) is 0 Å². The van der Waals surface area contributed by atoms with Crippen LogP contribution in [0.1, 0.15) is 17.3 Å². The number of aromatic nitrogens is 3. The van der Waals surface area contributed by atoms with Crippen molar-refractivity contribution in [3.63, 3.8) is 0 Å². The van der Waals surface area contributed by atoms with E-state index in [2.05, 4.69) is 20.7 Å². The van der Waals surface area contributed by atoms with Crippen LogP contribution in [0, 0.1) is 0 Å². The summed E-state index contributed by atoms with van der Waals surface area (Å²) in [6.07, 6.45) is 2.90. The maximum absolute atomic E-state index is 11.4. The van der Waals surface area contributed by atoms with Crippen LogP contribution >= 0.6 is 0 Å². The summed E-state index contributed by atoms with van der Waals surface area (Å²) in [6, 6.07) is 4.61. The molecule has 1 heterocycles. The van der Waals surface area contributed by atoms with E-state index in [4.69, 9.17) is 0 Å². The summed E-state index contributed by atoms with van der Waals surface area (Å²) >= 11 is 0. The van der Waals surface area contributed by atoms with Gasteiger partial charge in [-0.05, 0) is 25.1 Å². The molecule has 1 aromatic heterocycles. The number of rotatable bonds is 3. The number of carbonyl (C=O) groups is 2. The Morgan fingerprint density at radius 1 is 1.32 bits per heavy atom. The Labute approximate surface area is 109 Å². The molecule has 0 spiro atoms. The zero-order valence-corrected chi connectivity index (χ0v) is 10.5. The highest BCUT2D eigenvalue weighted by molar-refractivity contribution is 5.98. The molecule has 0 radical (unpaired) electrons. The summed E-state index contributed by atoms with van der Waals surface area (Å²) in [5, 5.41) is 9.11. The zero-order valence-electron chi connectivity index (χ0n) is 10.5. The summed E-state index contributed by atoms with van der Waals surface area (Å²) in [6.45, 7) is 1.47. The first-order valence-electron chi connectivity index (χ1n) is 5.60. The molecule has 0 aliphatic carbocycles. The van der Waals surface area contributed by atoms with E-state index in [0.29, 0.717) is 16.9 Å². The molecule has 0 bridgehead atoms. The van der Waals surface area contributed by atoms with Gasteiger partial charge in [0.05, 0.1) is 11.4 Å². The van der Waals surface area contributed by atoms with Gasteiger partial charge in [0.25, 0.3) is 0 Å². The van der Waals surface area contributed by atoms with Crippen LogP contribution in [0.2, 0.25) is 0 Å². The number of benzene rings is 1. The third kappa shape index (κ3) is 2.76. The van der Waals surface area contributed by atoms with Gasteiger partial charge in [-0.15, -0.1) is 0 Å². The summed E-state index contributed by atoms with van der Waals surface area (Å²) < 4.78 is 1.51. The predicted molar refractivity (Wildman–Crippen MR) is 69.4 cm³/mol. The molecule has 0 saturated carbocycles. The standard InChI is InChI=1S/C12H13N5O2/c1-8(18)9-3-4-11(17-7-14-6-15-17)10(5-9)16-12(19)13-2/h3-7H,1-2H3,(H2,13,16,19). The summed E-state index contributed by atoms with van der Waals surface area (Å²) in [5.74, 6) is -0.0786. The number of amides is 2. The molecule has 0 aliphatic heterocycles. The third-order valence-electron chi connectivity index (χ3n) is 2.54. The van der Waals surface area contributed by atoms with Crippen molar-refractivity contribution < 1.29 is 9.59 Å². The van der Waals surface area contributed by atoms with Crippen LogP contribution in [0.25, 0.3) is 5.69 Å². The topological polar surface area (TPSA) is 88.9 Å². The molecule has 2 N–H and O–H groups in total. The first kappa shape index (κ1) is 12.7. The highest BCUT2D eigenvalue weighted by Gasteiger charge is 2.11. The van der Waals surface area contributed by atoms with E-state index in [1.54, 1.807) is 18.2 Å². The van der Waals surface area contributed by atoms with Gasteiger partial charge in [-0.2, -0.15) is 5.10 Å². The molecule has 1 aromatic carbocycles. The van der Waals surface area contributed by atoms with Crippen LogP contribution in [-0.4, -0.2) is 33.6 Å². The lowest BCUT2D eigenvalue weighted by atomic mass is 10.1. The van der Waals surface area contributed by atoms with Gasteiger partial charge in [0.1, 0.15) is 12.7 Å². The molecule has 7 heteroatoms. The van der Waals surface area contributed by atoms with Gasteiger partial charge in [0.15, 0.2) is 5.78 Å². The lowest BCUT2D eigenvalue weighted by Gasteiger charge is -2.11. The van der Waals surface area contributed by atoms with Crippen molar-refractivity contribution in [1.29, 1.82) is 0 Å². The number of anilines is 1. The Morgan fingerprint density at radius 2 is 2.11 bits per heavy atom. The molecule has 0 aliphatic rings. The maximum Gasteiger partial charge on any atom is 0.319 e. The van der Waals surface area contributed by atoms with Gasteiger partial charge in [0.2, 0.25) is 0 Å². The van der Waals surface area contributed by atoms with E-state index >= 15 is 0 Å². The third-order valence-corrected chi connectivity index (χ3v) is 2.54. The fourth-order valence-electron chi connectivity index (χ4n) is 1.57. The van der Waals surface area contributed by atoms with Crippen molar-refractivity contribution in [2.75, 3.05) is 12.4 Å². The highest BCUT2D eigenvalue weighted by Crippen LogP contribution is 2.21. The normalized spacial score (nSPS) is 10.0. The largest absolute Gasteiger partial charge is 0.341 e. The monoisotopic (exact) mass is 259 g/mol. The van der Waals surface area contributed by atoms with E-state index in [0.717, 1.165) is 0 Å². The molecule has 0 saturated heterocycles. The van der Waals surface area contributed by atoms with Crippen LogP contribution in [0.4, 0.5) is 10.5 Å². The Balaban J connectivity index is 2.47. The lowest BCUT2D eigenvalue weighted by Crippen LogP contribution is -2.25. The van der Waals surface area contributed by atoms with Crippen molar-refractivity contribution in [2.24, 2.45) is 0 Å². The first-order chi connectivity index (χ1) is 9.11. The molecule has 0 unspecified atom stereocenters. The number of Topliss-reactive ketones (excluding diaryl/α,β-unsaturated/α-hetero) is 1. The van der Waals surface area contributed by atoms with Crippen LogP contribution in [0.15, 0.2) is 30.9 Å². The Kier molecular flexibility index (Phi) is 3.56. The second kappa shape index (κ2) is 5.30. The molecule has 98 valence electrons. The number of hydrogen-bond donors (Lipinski definition) is 2. The zero-order chi connectivity index (χ0) is 13.8. The molecule has 0 fully saturated rings. The van der Waals surface area contributed by atoms with Crippen molar-refractivity contribution in [3.8, 4) is 5.69 Å². The number of nitrogens with zero attached hydrogens (tertiary/aromatic N) is 3. The molecule has 2 amide bonds. The minimum absolute atomic E-state index is 0.0786. The quantitative estimate of drug-likeness (QED) is 0.811. The van der Waals surface area contributed by atoms with Crippen LogP contribution in [0.5, 0.6) is 0 Å². The van der Waals surface area contributed by atoms with Crippen LogP contribution in [0.3, 0.4) is 0 Å². The Hall–Kier alpha value is -2.70. The Morgan fingerprint density at radius 3 is 2.68 bits per heavy atom. The number of nitrogens with one attached hydrogen (secondary N) is 2. The lowest BCUT2D eigenvalue weighted by molar-refractivity contribution is 0.101. The molecule has 0 atom stereocenters. The SMILES string of the molecule is CNC(=O)Nc1cc(C(C)=O)ccc1-n1cncn1. The van der Waals surface area contributed by atoms with Gasteiger partial charge in [-0.25, -0.2) is 14.5 Å². The molecule has 7 nitrogen and oxygen atoms in total. The van der Waals surface area contributed by atoms with Crippen molar-refractivity contribution >= 4 is 17.5 Å². The minimum atomic E-state index is -0.373. The predicted octanol–water partition coefficient (Wildman–Crippen LogP) is 1.22. The molecular formula is C12H13N5O2. The molecule has 2 aromatic rings. The van der Waals surface area contributed by atoms with Crippen LogP contribution < -0.4 is 10.6 Å². The number of urea groups is 1. The van der Waals surface area contributed by atoms with Gasteiger partial charge >= 0.3 is 6.03 Å². The summed E-state index contributed by atoms with van der Waals surface area (Å²) in [7, 11) is 1.51. The first-order valence-corrected chi connectivity index (χ1v) is 5.60. The minimum Gasteiger partial charge on any atom is -0.341 e. The smallest absolute Gasteiger partial charge is 0.319 e. The van der Waals surface area contributed by atoms with E-state index in [-0.39, 0.29) is 11.8 Å². The van der Waals surface area contributed by atoms with Crippen LogP contribution in [-0.2, 0) is 0 Å². The fourth-order valence-corrected chi connectivity index (χ4v) is 1.57. The molecular weight excluding hydrogens is 246 g/mol. The van der Waals surface area contributed by atoms with Gasteiger partial charge in [-0.1, -0.05) is 0 Å². The van der Waals surface area contributed by atoms with E-state index < -0.39 is 0 Å². The van der Waals surface area contributed by atoms with Crippen molar-refractivity contribution in [1.82, 2.24) is 20.1 Å². The molecule has 19 heavy (non-hydrogen) atoms. The average Bonchev–Trinajstić information content (AvgIpc) is 2.92. The second-order valence-corrected chi connectivity index (χ2v) is 3.83. The van der Waals surface area contributed by atoms with E-state index in [9.17, 15) is 9.59 Å². The molecule has 2 rings (SSSR count). The maximum atomic E-state index is 11.4. The average molecular weight is 259 g/mol. The number of ketones is 1. The number of hydrogen-bond acceptors (Lipinski definition) is 4. The summed E-state index contributed by atoms with van der Waals surface area (Å²) in [5.41, 5.74) is 1.62. The van der Waals surface area contributed by atoms with Gasteiger partial charge in [0, 0.05) is 12.6 Å². The Bertz CT molecular complexity index is 607. The van der Waals surface area contributed by atoms with Crippen molar-refractivity contribution in [2.45, 2.75) is 6.92 Å². The van der Waals surface area contributed by atoms with Gasteiger partial charge in [-0.3, -0.25) is 4.79 Å². The van der Waals surface area contributed by atoms with E-state index in [1.165, 1.54) is 31.3 Å². The second-order valence-electron chi connectivity index (χ2n) is 3.83. The summed E-state index contributed by atoms with van der Waals surface area (Å²) in [4.78, 5) is 26.7. The fraction of sp³-hybridized carbons (Fsp3) is 0.167. The number of carbonyl (C=O) groups excluding carboxylic acids is 2. The highest BCUT2D eigenvalue weighted by atomic mass is 16.2.